The topological polar surface area (TPSA) is 134 Å². The largest absolute Gasteiger partial charge is 0.481 e. The number of pyridine rings is 1. The molecule has 0 bridgehead atoms. The molecule has 0 fully saturated rings. The summed E-state index contributed by atoms with van der Waals surface area (Å²) in [6, 6.07) is 4.83. The Hall–Kier alpha value is -3.23. The number of nitrogens with one attached hydrogen (secondary N) is 1. The molecule has 0 aliphatic rings. The molecular formula is C15H15N3O6. The Bertz CT molecular complexity index is 888. The van der Waals surface area contributed by atoms with Crippen molar-refractivity contribution in [3.63, 3.8) is 0 Å². The number of carboxylic acids is 1. The minimum Gasteiger partial charge on any atom is -0.481 e. The third-order valence-electron chi connectivity index (χ3n) is 3.58. The summed E-state index contributed by atoms with van der Waals surface area (Å²) in [6.07, 6.45) is 0. The lowest BCUT2D eigenvalue weighted by Crippen LogP contribution is -2.34. The van der Waals surface area contributed by atoms with Gasteiger partial charge in [0.15, 0.2) is 0 Å². The van der Waals surface area contributed by atoms with Crippen LogP contribution in [0.5, 0.6) is 0 Å². The van der Waals surface area contributed by atoms with Crippen molar-refractivity contribution in [2.45, 2.75) is 6.92 Å². The maximum atomic E-state index is 12.6. The molecule has 24 heavy (non-hydrogen) atoms. The molecule has 9 nitrogen and oxygen atoms in total. The maximum Gasteiger partial charge on any atom is 0.308 e. The van der Waals surface area contributed by atoms with Crippen LogP contribution in [0.3, 0.4) is 0 Å². The number of carbonyl (C=O) groups is 2. The van der Waals surface area contributed by atoms with Crippen molar-refractivity contribution in [2.75, 3.05) is 13.6 Å². The quantitative estimate of drug-likeness (QED) is 0.624. The molecule has 0 aliphatic heterocycles. The van der Waals surface area contributed by atoms with Crippen LogP contribution in [0.15, 0.2) is 29.1 Å². The monoisotopic (exact) mass is 333 g/mol. The lowest BCUT2D eigenvalue weighted by Gasteiger charge is -2.20. The van der Waals surface area contributed by atoms with E-state index in [4.69, 9.17) is 5.11 Å². The highest BCUT2D eigenvalue weighted by Crippen LogP contribution is 2.22. The molecule has 9 heteroatoms. The van der Waals surface area contributed by atoms with Crippen molar-refractivity contribution in [3.8, 4) is 0 Å². The molecule has 1 aromatic carbocycles. The van der Waals surface area contributed by atoms with Crippen molar-refractivity contribution >= 4 is 28.5 Å². The van der Waals surface area contributed by atoms with Gasteiger partial charge in [-0.25, -0.2) is 0 Å². The number of fused-ring (bicyclic) bond motifs is 1. The van der Waals surface area contributed by atoms with E-state index in [-0.39, 0.29) is 28.7 Å². The maximum absolute atomic E-state index is 12.6. The van der Waals surface area contributed by atoms with E-state index in [9.17, 15) is 24.5 Å². The molecule has 1 aromatic heterocycles. The van der Waals surface area contributed by atoms with Crippen molar-refractivity contribution in [1.29, 1.82) is 0 Å². The molecule has 1 amide bonds. The molecular weight excluding hydrogens is 318 g/mol. The van der Waals surface area contributed by atoms with Gasteiger partial charge in [-0.15, -0.1) is 0 Å². The van der Waals surface area contributed by atoms with Crippen LogP contribution < -0.4 is 5.56 Å². The second kappa shape index (κ2) is 6.49. The molecule has 126 valence electrons. The number of H-pyrrole nitrogens is 1. The van der Waals surface area contributed by atoms with Crippen LogP contribution in [0.4, 0.5) is 5.69 Å². The van der Waals surface area contributed by atoms with Gasteiger partial charge in [0.25, 0.3) is 11.6 Å². The molecule has 0 aliphatic carbocycles. The van der Waals surface area contributed by atoms with E-state index >= 15 is 0 Å². The Kier molecular flexibility index (Phi) is 4.63. The van der Waals surface area contributed by atoms with E-state index in [1.165, 1.54) is 37.1 Å². The normalized spacial score (nSPS) is 11.9. The summed E-state index contributed by atoms with van der Waals surface area (Å²) in [6.45, 7) is 1.39. The second-order valence-electron chi connectivity index (χ2n) is 5.46. The number of aromatic nitrogens is 1. The van der Waals surface area contributed by atoms with Gasteiger partial charge in [0.05, 0.1) is 16.4 Å². The number of hydrogen-bond acceptors (Lipinski definition) is 5. The van der Waals surface area contributed by atoms with Crippen LogP contribution in [-0.2, 0) is 4.79 Å². The Morgan fingerprint density at radius 2 is 2.04 bits per heavy atom. The van der Waals surface area contributed by atoms with Gasteiger partial charge in [0.2, 0.25) is 5.56 Å². The summed E-state index contributed by atoms with van der Waals surface area (Å²) in [4.78, 5) is 49.2. The van der Waals surface area contributed by atoms with E-state index in [0.29, 0.717) is 0 Å². The van der Waals surface area contributed by atoms with E-state index in [0.717, 1.165) is 6.07 Å². The number of amides is 1. The number of carbonyl (C=O) groups excluding carboxylic acids is 1. The average Bonchev–Trinajstić information content (AvgIpc) is 2.52. The molecule has 1 heterocycles. The Labute approximate surface area is 135 Å². The summed E-state index contributed by atoms with van der Waals surface area (Å²) >= 11 is 0. The first-order chi connectivity index (χ1) is 11.2. The predicted molar refractivity (Wildman–Crippen MR) is 85.0 cm³/mol. The number of aliphatic carboxylic acids is 1. The van der Waals surface area contributed by atoms with Gasteiger partial charge in [-0.05, 0) is 6.07 Å². The number of aromatic amines is 1. The number of nitrogens with zero attached hydrogens (tertiary/aromatic N) is 2. The van der Waals surface area contributed by atoms with Crippen LogP contribution in [0, 0.1) is 16.0 Å². The lowest BCUT2D eigenvalue weighted by atomic mass is 10.1. The summed E-state index contributed by atoms with van der Waals surface area (Å²) in [5.74, 6) is -2.43. The second-order valence-corrected chi connectivity index (χ2v) is 5.46. The van der Waals surface area contributed by atoms with Crippen LogP contribution in [-0.4, -0.2) is 45.4 Å². The van der Waals surface area contributed by atoms with Crippen LogP contribution in [0.1, 0.15) is 17.3 Å². The first-order valence-electron chi connectivity index (χ1n) is 7.00. The SMILES string of the molecule is CC(CN(C)C(=O)c1cc(=O)[nH]c2ccc([N+](=O)[O-])cc12)C(=O)O. The molecule has 2 aromatic rings. The first kappa shape index (κ1) is 17.1. The number of non-ortho nitro benzene ring substituents is 1. The molecule has 1 atom stereocenters. The highest BCUT2D eigenvalue weighted by atomic mass is 16.6. The molecule has 1 unspecified atom stereocenters. The molecule has 0 saturated heterocycles. The molecule has 2 rings (SSSR count). The van der Waals surface area contributed by atoms with E-state index in [1.807, 2.05) is 0 Å². The zero-order chi connectivity index (χ0) is 18.0. The minimum atomic E-state index is -1.05. The zero-order valence-corrected chi connectivity index (χ0v) is 13.0. The van der Waals surface area contributed by atoms with Crippen molar-refractivity contribution in [2.24, 2.45) is 5.92 Å². The van der Waals surface area contributed by atoms with Gasteiger partial charge in [-0.3, -0.25) is 24.5 Å². The number of carboxylic acid groups (broad SMARTS) is 1. The fourth-order valence-electron chi connectivity index (χ4n) is 2.31. The van der Waals surface area contributed by atoms with Gasteiger partial charge in [0.1, 0.15) is 0 Å². The van der Waals surface area contributed by atoms with E-state index in [2.05, 4.69) is 4.98 Å². The first-order valence-corrected chi connectivity index (χ1v) is 7.00. The third-order valence-corrected chi connectivity index (χ3v) is 3.58. The predicted octanol–water partition coefficient (Wildman–Crippen LogP) is 1.23. The summed E-state index contributed by atoms with van der Waals surface area (Å²) in [5, 5.41) is 20.1. The third kappa shape index (κ3) is 3.40. The number of rotatable bonds is 5. The molecule has 0 saturated carbocycles. The highest BCUT2D eigenvalue weighted by molar-refractivity contribution is 6.06. The lowest BCUT2D eigenvalue weighted by molar-refractivity contribution is -0.384. The van der Waals surface area contributed by atoms with Crippen LogP contribution in [0.2, 0.25) is 0 Å². The summed E-state index contributed by atoms with van der Waals surface area (Å²) in [7, 11) is 1.41. The number of hydrogen-bond donors (Lipinski definition) is 2. The number of nitro groups is 1. The smallest absolute Gasteiger partial charge is 0.308 e. The number of nitro benzene ring substituents is 1. The highest BCUT2D eigenvalue weighted by Gasteiger charge is 2.21. The van der Waals surface area contributed by atoms with Gasteiger partial charge in [-0.1, -0.05) is 6.92 Å². The Morgan fingerprint density at radius 3 is 2.62 bits per heavy atom. The number of benzene rings is 1. The fourth-order valence-corrected chi connectivity index (χ4v) is 2.31. The molecule has 0 spiro atoms. The standard InChI is InChI=1S/C15H15N3O6/c1-8(15(21)22)7-17(2)14(20)11-6-13(19)16-12-4-3-9(18(23)24)5-10(11)12/h3-6,8H,7H2,1-2H3,(H,16,19)(H,21,22). The zero-order valence-electron chi connectivity index (χ0n) is 13.0. The van der Waals surface area contributed by atoms with Crippen molar-refractivity contribution < 1.29 is 19.6 Å². The fraction of sp³-hybridized carbons (Fsp3) is 0.267. The van der Waals surface area contributed by atoms with E-state index in [1.54, 1.807) is 0 Å². The van der Waals surface area contributed by atoms with Crippen molar-refractivity contribution in [3.05, 3.63) is 50.3 Å². The molecule has 0 radical (unpaired) electrons. The Morgan fingerprint density at radius 1 is 1.38 bits per heavy atom. The van der Waals surface area contributed by atoms with Crippen molar-refractivity contribution in [1.82, 2.24) is 9.88 Å². The van der Waals surface area contributed by atoms with Crippen LogP contribution in [0.25, 0.3) is 10.9 Å². The summed E-state index contributed by atoms with van der Waals surface area (Å²) in [5.41, 5.74) is -0.474. The van der Waals surface area contributed by atoms with Crippen LogP contribution >= 0.6 is 0 Å². The minimum absolute atomic E-state index is 0.0162. The average molecular weight is 333 g/mol. The summed E-state index contributed by atoms with van der Waals surface area (Å²) < 4.78 is 0. The van der Waals surface area contributed by atoms with E-state index < -0.39 is 28.3 Å². The van der Waals surface area contributed by atoms with Gasteiger partial charge in [0, 0.05) is 42.7 Å². The van der Waals surface area contributed by atoms with Gasteiger partial charge < -0.3 is 15.0 Å². The Balaban J connectivity index is 2.51. The molecule has 2 N–H and O–H groups in total. The van der Waals surface area contributed by atoms with Gasteiger partial charge in [-0.2, -0.15) is 0 Å². The van der Waals surface area contributed by atoms with Gasteiger partial charge >= 0.3 is 5.97 Å².